The average molecular weight is 498 g/mol. The fraction of sp³-hybridized carbons (Fsp3) is 0.300. The molecule has 0 fully saturated rings. The van der Waals surface area contributed by atoms with Gasteiger partial charge >= 0.3 is 0 Å². The molecule has 0 saturated carbocycles. The van der Waals surface area contributed by atoms with Gasteiger partial charge in [0.05, 0.1) is 31.9 Å². The number of rotatable bonds is 6. The highest BCUT2D eigenvalue weighted by atomic mass is 127. The smallest absolute Gasteiger partial charge is 0.191 e. The fourth-order valence-electron chi connectivity index (χ4n) is 2.61. The zero-order chi connectivity index (χ0) is 19.8. The van der Waals surface area contributed by atoms with Crippen molar-refractivity contribution in [2.75, 3.05) is 21.3 Å². The van der Waals surface area contributed by atoms with Crippen molar-refractivity contribution < 1.29 is 13.9 Å². The molecule has 150 valence electrons. The van der Waals surface area contributed by atoms with Crippen molar-refractivity contribution in [2.24, 2.45) is 4.99 Å². The minimum Gasteiger partial charge on any atom is -0.497 e. The number of nitrogens with one attached hydrogen (secondary N) is 2. The fourth-order valence-corrected chi connectivity index (χ4v) is 2.61. The van der Waals surface area contributed by atoms with Crippen LogP contribution in [0.15, 0.2) is 41.4 Å². The molecule has 2 aromatic rings. The Morgan fingerprint density at radius 3 is 2.57 bits per heavy atom. The lowest BCUT2D eigenvalue weighted by Gasteiger charge is -2.21. The molecular formula is C20H24FIN4O2. The van der Waals surface area contributed by atoms with Gasteiger partial charge in [-0.3, -0.25) is 4.99 Å². The Bertz CT molecular complexity index is 868. The second kappa shape index (κ2) is 11.3. The van der Waals surface area contributed by atoms with Gasteiger partial charge in [-0.1, -0.05) is 0 Å². The minimum atomic E-state index is -0.375. The summed E-state index contributed by atoms with van der Waals surface area (Å²) in [5, 5.41) is 15.3. The zero-order valence-electron chi connectivity index (χ0n) is 16.2. The van der Waals surface area contributed by atoms with Crippen molar-refractivity contribution in [3.05, 3.63) is 58.9 Å². The van der Waals surface area contributed by atoms with Gasteiger partial charge in [0.25, 0.3) is 0 Å². The lowest BCUT2D eigenvalue weighted by molar-refractivity contribution is 0.394. The lowest BCUT2D eigenvalue weighted by atomic mass is 10.1. The molecule has 0 amide bonds. The summed E-state index contributed by atoms with van der Waals surface area (Å²) in [6.07, 6.45) is 0. The molecule has 1 atom stereocenters. The molecule has 0 aromatic heterocycles. The number of guanidine groups is 1. The Labute approximate surface area is 181 Å². The van der Waals surface area contributed by atoms with Crippen molar-refractivity contribution in [3.63, 3.8) is 0 Å². The second-order valence-electron chi connectivity index (χ2n) is 5.82. The Morgan fingerprint density at radius 2 is 1.96 bits per heavy atom. The number of aliphatic imine (C=N–C) groups is 1. The van der Waals surface area contributed by atoms with Gasteiger partial charge in [-0.05, 0) is 43.3 Å². The van der Waals surface area contributed by atoms with Crippen molar-refractivity contribution in [1.29, 1.82) is 5.26 Å². The maximum absolute atomic E-state index is 13.9. The highest BCUT2D eigenvalue weighted by Crippen LogP contribution is 2.29. The van der Waals surface area contributed by atoms with E-state index in [-0.39, 0.29) is 42.4 Å². The molecule has 0 aliphatic rings. The molecule has 1 unspecified atom stereocenters. The van der Waals surface area contributed by atoms with Crippen LogP contribution in [0.4, 0.5) is 4.39 Å². The summed E-state index contributed by atoms with van der Waals surface area (Å²) >= 11 is 0. The van der Waals surface area contributed by atoms with E-state index < -0.39 is 0 Å². The third kappa shape index (κ3) is 5.99. The van der Waals surface area contributed by atoms with Gasteiger partial charge in [-0.25, -0.2) is 4.39 Å². The third-order valence-electron chi connectivity index (χ3n) is 4.10. The van der Waals surface area contributed by atoms with Crippen LogP contribution in [-0.2, 0) is 6.54 Å². The number of ether oxygens (including phenoxy) is 2. The molecule has 0 radical (unpaired) electrons. The predicted octanol–water partition coefficient (Wildman–Crippen LogP) is 3.76. The largest absolute Gasteiger partial charge is 0.497 e. The van der Waals surface area contributed by atoms with E-state index in [0.29, 0.717) is 17.1 Å². The molecule has 0 aliphatic carbocycles. The van der Waals surface area contributed by atoms with Gasteiger partial charge in [0.15, 0.2) is 5.96 Å². The number of halogens is 2. The molecule has 0 spiro atoms. The zero-order valence-corrected chi connectivity index (χ0v) is 18.6. The lowest BCUT2D eigenvalue weighted by Crippen LogP contribution is -2.38. The number of methoxy groups -OCH3 is 2. The molecule has 0 heterocycles. The third-order valence-corrected chi connectivity index (χ3v) is 4.10. The molecule has 2 rings (SSSR count). The number of nitrogens with zero attached hydrogens (tertiary/aromatic N) is 2. The van der Waals surface area contributed by atoms with Gasteiger partial charge < -0.3 is 20.1 Å². The first-order valence-electron chi connectivity index (χ1n) is 8.40. The molecule has 2 aromatic carbocycles. The van der Waals surface area contributed by atoms with Crippen LogP contribution in [0.3, 0.4) is 0 Å². The van der Waals surface area contributed by atoms with Crippen LogP contribution in [0.25, 0.3) is 0 Å². The quantitative estimate of drug-likeness (QED) is 0.361. The number of nitriles is 1. The standard InChI is InChI=1S/C20H23FN4O2.HI/c1-13(17-10-16(26-3)6-8-19(17)27-4)25-20(23-2)24-12-15-9-14(11-22)5-7-18(15)21;/h5-10,13H,12H2,1-4H3,(H2,23,24,25);1H. The molecule has 0 bridgehead atoms. The van der Waals surface area contributed by atoms with E-state index in [1.54, 1.807) is 21.3 Å². The van der Waals surface area contributed by atoms with Crippen LogP contribution in [-0.4, -0.2) is 27.2 Å². The summed E-state index contributed by atoms with van der Waals surface area (Å²) < 4.78 is 24.6. The van der Waals surface area contributed by atoms with Crippen molar-refractivity contribution in [1.82, 2.24) is 10.6 Å². The Kier molecular flexibility index (Phi) is 9.51. The topological polar surface area (TPSA) is 78.7 Å². The molecule has 2 N–H and O–H groups in total. The van der Waals surface area contributed by atoms with Crippen LogP contribution < -0.4 is 20.1 Å². The van der Waals surface area contributed by atoms with Gasteiger partial charge in [0, 0.05) is 24.7 Å². The molecular weight excluding hydrogens is 474 g/mol. The van der Waals surface area contributed by atoms with E-state index >= 15 is 0 Å². The molecule has 28 heavy (non-hydrogen) atoms. The average Bonchev–Trinajstić information content (AvgIpc) is 2.71. The van der Waals surface area contributed by atoms with Gasteiger partial charge in [0.2, 0.25) is 0 Å². The molecule has 0 saturated heterocycles. The summed E-state index contributed by atoms with van der Waals surface area (Å²) in [6, 6.07) is 11.7. The minimum absolute atomic E-state index is 0. The van der Waals surface area contributed by atoms with Gasteiger partial charge in [-0.2, -0.15) is 5.26 Å². The van der Waals surface area contributed by atoms with E-state index in [1.165, 1.54) is 18.2 Å². The highest BCUT2D eigenvalue weighted by molar-refractivity contribution is 14.0. The number of hydrogen-bond acceptors (Lipinski definition) is 4. The van der Waals surface area contributed by atoms with E-state index in [1.807, 2.05) is 31.2 Å². The molecule has 0 aliphatic heterocycles. The van der Waals surface area contributed by atoms with E-state index in [4.69, 9.17) is 14.7 Å². The maximum Gasteiger partial charge on any atom is 0.191 e. The van der Waals surface area contributed by atoms with Crippen LogP contribution >= 0.6 is 24.0 Å². The Hall–Kier alpha value is -2.54. The Morgan fingerprint density at radius 1 is 1.21 bits per heavy atom. The molecule has 8 heteroatoms. The summed E-state index contributed by atoms with van der Waals surface area (Å²) in [4.78, 5) is 4.17. The van der Waals surface area contributed by atoms with Crippen LogP contribution in [0, 0.1) is 17.1 Å². The van der Waals surface area contributed by atoms with Gasteiger partial charge in [-0.15, -0.1) is 24.0 Å². The van der Waals surface area contributed by atoms with Crippen molar-refractivity contribution in [2.45, 2.75) is 19.5 Å². The van der Waals surface area contributed by atoms with E-state index in [9.17, 15) is 4.39 Å². The summed E-state index contributed by atoms with van der Waals surface area (Å²) in [7, 11) is 4.84. The van der Waals surface area contributed by atoms with E-state index in [0.717, 1.165) is 17.1 Å². The predicted molar refractivity (Wildman–Crippen MR) is 118 cm³/mol. The summed E-state index contributed by atoms with van der Waals surface area (Å²) in [5.74, 6) is 1.56. The normalized spacial score (nSPS) is 11.6. The first kappa shape index (κ1) is 23.5. The molecule has 6 nitrogen and oxygen atoms in total. The second-order valence-corrected chi connectivity index (χ2v) is 5.82. The monoisotopic (exact) mass is 498 g/mol. The summed E-state index contributed by atoms with van der Waals surface area (Å²) in [6.45, 7) is 2.16. The number of benzene rings is 2. The summed E-state index contributed by atoms with van der Waals surface area (Å²) in [5.41, 5.74) is 1.70. The Balaban J connectivity index is 0.00000392. The highest BCUT2D eigenvalue weighted by Gasteiger charge is 2.14. The SMILES string of the molecule is CN=C(NCc1cc(C#N)ccc1F)NC(C)c1cc(OC)ccc1OC.I. The van der Waals surface area contributed by atoms with Gasteiger partial charge in [0.1, 0.15) is 17.3 Å². The van der Waals surface area contributed by atoms with Crippen LogP contribution in [0.2, 0.25) is 0 Å². The number of hydrogen-bond donors (Lipinski definition) is 2. The van der Waals surface area contributed by atoms with Crippen LogP contribution in [0.5, 0.6) is 11.5 Å². The van der Waals surface area contributed by atoms with Crippen LogP contribution in [0.1, 0.15) is 29.7 Å². The van der Waals surface area contributed by atoms with Crippen molar-refractivity contribution >= 4 is 29.9 Å². The first-order valence-corrected chi connectivity index (χ1v) is 8.40. The van der Waals surface area contributed by atoms with E-state index in [2.05, 4.69) is 15.6 Å². The first-order chi connectivity index (χ1) is 13.0. The van der Waals surface area contributed by atoms with Crippen molar-refractivity contribution in [3.8, 4) is 17.6 Å². The maximum atomic E-state index is 13.9.